The Morgan fingerprint density at radius 3 is 1.38 bits per heavy atom. The van der Waals surface area contributed by atoms with Crippen molar-refractivity contribution in [1.82, 2.24) is 10.2 Å². The molecule has 0 aromatic rings. The molecule has 1 fully saturated rings. The Labute approximate surface area is 93.1 Å². The fraction of sp³-hybridized carbons (Fsp3) is 1.00. The highest BCUT2D eigenvalue weighted by Gasteiger charge is 2.01. The van der Waals surface area contributed by atoms with Crippen molar-refractivity contribution in [1.29, 1.82) is 0 Å². The van der Waals surface area contributed by atoms with Crippen molar-refractivity contribution >= 4 is 24.8 Å². The molecule has 0 unspecified atom stereocenters. The van der Waals surface area contributed by atoms with Gasteiger partial charge in [-0.25, -0.2) is 0 Å². The van der Waals surface area contributed by atoms with Crippen LogP contribution in [-0.4, -0.2) is 62.6 Å². The topological polar surface area (TPSA) is 55.7 Å². The van der Waals surface area contributed by atoms with Gasteiger partial charge in [0.2, 0.25) is 0 Å². The Balaban J connectivity index is -0.0000000607. The molecule has 0 aliphatic carbocycles. The highest BCUT2D eigenvalue weighted by molar-refractivity contribution is 5.85. The van der Waals surface area contributed by atoms with Gasteiger partial charge < -0.3 is 20.4 Å². The van der Waals surface area contributed by atoms with Crippen LogP contribution in [0.5, 0.6) is 0 Å². The van der Waals surface area contributed by atoms with Gasteiger partial charge in [-0.3, -0.25) is 0 Å². The first-order valence-electron chi connectivity index (χ1n) is 3.68. The van der Waals surface area contributed by atoms with Crippen molar-refractivity contribution in [2.45, 2.75) is 0 Å². The number of aliphatic hydroxyl groups excluding tert-OH is 2. The lowest BCUT2D eigenvalue weighted by Gasteiger charge is -2.21. The van der Waals surface area contributed by atoms with Crippen LogP contribution in [0.2, 0.25) is 0 Å². The van der Waals surface area contributed by atoms with Crippen LogP contribution < -0.4 is 5.32 Å². The van der Waals surface area contributed by atoms with Crippen molar-refractivity contribution in [3.05, 3.63) is 0 Å². The minimum atomic E-state index is 0. The smallest absolute Gasteiger partial charge is 0.0319 e. The van der Waals surface area contributed by atoms with E-state index in [0.29, 0.717) is 0 Å². The molecule has 0 radical (unpaired) electrons. The maximum absolute atomic E-state index is 7.00. The molecule has 4 nitrogen and oxygen atoms in total. The maximum Gasteiger partial charge on any atom is 0.0319 e. The molecule has 0 saturated carbocycles. The van der Waals surface area contributed by atoms with E-state index in [1.807, 2.05) is 0 Å². The summed E-state index contributed by atoms with van der Waals surface area (Å²) in [6, 6.07) is 0. The zero-order valence-corrected chi connectivity index (χ0v) is 10.1. The summed E-state index contributed by atoms with van der Waals surface area (Å²) in [5.74, 6) is 0. The van der Waals surface area contributed by atoms with Gasteiger partial charge in [-0.2, -0.15) is 0 Å². The van der Waals surface area contributed by atoms with Crippen molar-refractivity contribution in [2.75, 3.05) is 47.4 Å². The van der Waals surface area contributed by atoms with E-state index >= 15 is 0 Å². The molecule has 1 rings (SSSR count). The predicted octanol–water partition coefficient (Wildman–Crippen LogP) is -0.418. The number of halogens is 2. The van der Waals surface area contributed by atoms with E-state index in [1.54, 1.807) is 0 Å². The van der Waals surface area contributed by atoms with Crippen molar-refractivity contribution in [3.63, 3.8) is 0 Å². The van der Waals surface area contributed by atoms with Crippen LogP contribution in [0.15, 0.2) is 0 Å². The molecule has 0 amide bonds. The van der Waals surface area contributed by atoms with Crippen LogP contribution >= 0.6 is 24.8 Å². The summed E-state index contributed by atoms with van der Waals surface area (Å²) in [6.45, 7) is 4.74. The molecule has 0 bridgehead atoms. The Bertz CT molecular complexity index is 64.5. The monoisotopic (exact) mass is 236 g/mol. The summed E-state index contributed by atoms with van der Waals surface area (Å²) in [5, 5.41) is 17.3. The number of likely N-dealkylation sites (N-methyl/N-ethyl adjacent to an activating group) is 1. The summed E-state index contributed by atoms with van der Waals surface area (Å²) < 4.78 is 0. The third kappa shape index (κ3) is 19.0. The number of nitrogens with zero attached hydrogens (tertiary/aromatic N) is 1. The number of hydrogen-bond donors (Lipinski definition) is 3. The molecule has 3 N–H and O–H groups in total. The van der Waals surface area contributed by atoms with Gasteiger partial charge in [0.05, 0.1) is 0 Å². The van der Waals surface area contributed by atoms with Gasteiger partial charge in [0.15, 0.2) is 0 Å². The third-order valence-electron chi connectivity index (χ3n) is 1.34. The molecule has 0 aromatic carbocycles. The Morgan fingerprint density at radius 2 is 1.23 bits per heavy atom. The predicted molar refractivity (Wildman–Crippen MR) is 61.1 cm³/mol. The molecule has 13 heavy (non-hydrogen) atoms. The fourth-order valence-electron chi connectivity index (χ4n) is 0.777. The minimum absolute atomic E-state index is 0. The standard InChI is InChI=1S/C5H12N2.2CH4O.2ClH/c1-7-4-2-6-3-5-7;2*1-2;;/h6H,2-5H2,1H3;2*2H,1H3;2*1H. The molecule has 1 heterocycles. The highest BCUT2D eigenvalue weighted by Crippen LogP contribution is 1.82. The van der Waals surface area contributed by atoms with Crippen LogP contribution in [0, 0.1) is 0 Å². The zero-order valence-electron chi connectivity index (χ0n) is 8.49. The second-order valence-electron chi connectivity index (χ2n) is 2.05. The van der Waals surface area contributed by atoms with Gasteiger partial charge in [-0.1, -0.05) is 0 Å². The van der Waals surface area contributed by atoms with Gasteiger partial charge in [-0.15, -0.1) is 24.8 Å². The lowest BCUT2D eigenvalue weighted by atomic mass is 10.4. The largest absolute Gasteiger partial charge is 0.400 e. The van der Waals surface area contributed by atoms with Gasteiger partial charge in [0.25, 0.3) is 0 Å². The van der Waals surface area contributed by atoms with Gasteiger partial charge in [0.1, 0.15) is 0 Å². The first-order valence-corrected chi connectivity index (χ1v) is 3.68. The molecule has 0 aromatic heterocycles. The molecular formula is C7H22Cl2N2O2. The molecule has 6 heteroatoms. The Hall–Kier alpha value is 0.420. The number of piperazine rings is 1. The first-order chi connectivity index (χ1) is 5.39. The molecular weight excluding hydrogens is 215 g/mol. The number of aliphatic hydroxyl groups is 2. The van der Waals surface area contributed by atoms with Crippen LogP contribution in [0.4, 0.5) is 0 Å². The molecule has 1 saturated heterocycles. The van der Waals surface area contributed by atoms with Crippen LogP contribution in [0.25, 0.3) is 0 Å². The third-order valence-corrected chi connectivity index (χ3v) is 1.34. The second kappa shape index (κ2) is 22.8. The SMILES string of the molecule is CN1CCNCC1.CO.CO.Cl.Cl. The summed E-state index contributed by atoms with van der Waals surface area (Å²) in [7, 11) is 4.15. The van der Waals surface area contributed by atoms with E-state index in [4.69, 9.17) is 10.2 Å². The van der Waals surface area contributed by atoms with E-state index in [-0.39, 0.29) is 24.8 Å². The fourth-order valence-corrected chi connectivity index (χ4v) is 0.777. The lowest BCUT2D eigenvalue weighted by molar-refractivity contribution is 0.291. The maximum atomic E-state index is 7.00. The van der Waals surface area contributed by atoms with Gasteiger partial charge >= 0.3 is 0 Å². The minimum Gasteiger partial charge on any atom is -0.400 e. The Kier molecular flexibility index (Phi) is 41.0. The van der Waals surface area contributed by atoms with Crippen molar-refractivity contribution in [2.24, 2.45) is 0 Å². The van der Waals surface area contributed by atoms with E-state index < -0.39 is 0 Å². The molecule has 0 atom stereocenters. The average molecular weight is 237 g/mol. The normalized spacial score (nSPS) is 14.5. The zero-order chi connectivity index (χ0) is 9.11. The van der Waals surface area contributed by atoms with Crippen molar-refractivity contribution < 1.29 is 10.2 Å². The average Bonchev–Trinajstić information content (AvgIpc) is 2.13. The van der Waals surface area contributed by atoms with E-state index in [2.05, 4.69) is 17.3 Å². The second-order valence-corrected chi connectivity index (χ2v) is 2.05. The molecule has 0 spiro atoms. The van der Waals surface area contributed by atoms with E-state index in [0.717, 1.165) is 27.3 Å². The van der Waals surface area contributed by atoms with Gasteiger partial charge in [-0.05, 0) is 7.05 Å². The van der Waals surface area contributed by atoms with E-state index in [9.17, 15) is 0 Å². The number of rotatable bonds is 0. The first kappa shape index (κ1) is 23.3. The number of nitrogens with one attached hydrogen (secondary N) is 1. The molecule has 86 valence electrons. The van der Waals surface area contributed by atoms with Crippen LogP contribution in [-0.2, 0) is 0 Å². The summed E-state index contributed by atoms with van der Waals surface area (Å²) in [5.41, 5.74) is 0. The molecule has 1 aliphatic rings. The molecule has 1 aliphatic heterocycles. The highest BCUT2D eigenvalue weighted by atomic mass is 35.5. The van der Waals surface area contributed by atoms with Crippen LogP contribution in [0.1, 0.15) is 0 Å². The van der Waals surface area contributed by atoms with Gasteiger partial charge in [0, 0.05) is 40.4 Å². The van der Waals surface area contributed by atoms with E-state index in [1.165, 1.54) is 13.1 Å². The summed E-state index contributed by atoms with van der Waals surface area (Å²) in [6.07, 6.45) is 0. The number of hydrogen-bond acceptors (Lipinski definition) is 4. The van der Waals surface area contributed by atoms with Crippen molar-refractivity contribution in [3.8, 4) is 0 Å². The summed E-state index contributed by atoms with van der Waals surface area (Å²) in [4.78, 5) is 2.33. The summed E-state index contributed by atoms with van der Waals surface area (Å²) >= 11 is 0. The lowest BCUT2D eigenvalue weighted by Crippen LogP contribution is -2.40. The van der Waals surface area contributed by atoms with Crippen LogP contribution in [0.3, 0.4) is 0 Å². The Morgan fingerprint density at radius 1 is 0.923 bits per heavy atom. The quantitative estimate of drug-likeness (QED) is 0.535.